The minimum absolute atomic E-state index is 0.183. The van der Waals surface area contributed by atoms with Crippen LogP contribution in [0.3, 0.4) is 0 Å². The fourth-order valence-corrected chi connectivity index (χ4v) is 5.83. The number of rotatable bonds is 3. The van der Waals surface area contributed by atoms with Crippen molar-refractivity contribution in [2.45, 2.75) is 30.6 Å². The van der Waals surface area contributed by atoms with E-state index in [0.717, 1.165) is 4.88 Å². The number of anilines is 1. The topological polar surface area (TPSA) is 116 Å². The number of carbonyl (C=O) groups excluding carboxylic acids is 1. The van der Waals surface area contributed by atoms with Crippen LogP contribution in [0.25, 0.3) is 11.2 Å². The lowest BCUT2D eigenvalue weighted by Gasteiger charge is -2.48. The summed E-state index contributed by atoms with van der Waals surface area (Å²) in [5, 5.41) is 24.5. The lowest BCUT2D eigenvalue weighted by atomic mass is 9.63. The number of aliphatic hydroxyl groups excluding tert-OH is 1. The largest absolute Gasteiger partial charge is 0.389 e. The first-order valence-electron chi connectivity index (χ1n) is 10.0. The number of thiophene rings is 1. The Morgan fingerprint density at radius 3 is 2.78 bits per heavy atom. The van der Waals surface area contributed by atoms with Crippen molar-refractivity contribution in [2.75, 3.05) is 26.0 Å². The maximum atomic E-state index is 12.5. The van der Waals surface area contributed by atoms with Crippen LogP contribution in [0.2, 0.25) is 4.34 Å². The van der Waals surface area contributed by atoms with E-state index in [4.69, 9.17) is 11.6 Å². The van der Waals surface area contributed by atoms with Gasteiger partial charge in [0.15, 0.2) is 17.0 Å². The number of hydrogen-bond acceptors (Lipinski definition) is 8. The van der Waals surface area contributed by atoms with Gasteiger partial charge in [-0.25, -0.2) is 15.0 Å². The molecule has 1 amide bonds. The molecule has 6 rings (SSSR count). The fourth-order valence-electron chi connectivity index (χ4n) is 4.93. The highest BCUT2D eigenvalue weighted by Gasteiger charge is 2.76. The second-order valence-corrected chi connectivity index (χ2v) is 10.2. The van der Waals surface area contributed by atoms with Gasteiger partial charge in [0.1, 0.15) is 5.60 Å². The number of aromatic nitrogens is 4. The summed E-state index contributed by atoms with van der Waals surface area (Å²) in [5.74, 6) is 6.61. The number of aliphatic hydroxyl groups is 2. The SMILES string of the molecule is CNC(=O)C12C[C@@H](n3cnc4c(N(C)C)nc(C#Cc5ccc(Cl)s5)nc43)[C@](O)(C1)[C@@H]2O. The Morgan fingerprint density at radius 1 is 1.38 bits per heavy atom. The normalized spacial score (nSPS) is 28.2. The molecule has 32 heavy (non-hydrogen) atoms. The fraction of sp³-hybridized carbons (Fsp3) is 0.429. The van der Waals surface area contributed by atoms with E-state index in [1.165, 1.54) is 18.4 Å². The van der Waals surface area contributed by atoms with Crippen LogP contribution < -0.4 is 10.2 Å². The summed E-state index contributed by atoms with van der Waals surface area (Å²) in [6.07, 6.45) is 0.889. The van der Waals surface area contributed by atoms with Gasteiger partial charge in [0.2, 0.25) is 11.7 Å². The molecule has 0 radical (unpaired) electrons. The zero-order chi connectivity index (χ0) is 22.8. The van der Waals surface area contributed by atoms with E-state index in [2.05, 4.69) is 32.1 Å². The Bertz CT molecular complexity index is 1310. The van der Waals surface area contributed by atoms with Crippen molar-refractivity contribution in [3.05, 3.63) is 33.5 Å². The zero-order valence-corrected chi connectivity index (χ0v) is 19.2. The lowest BCUT2D eigenvalue weighted by molar-refractivity contribution is -0.199. The zero-order valence-electron chi connectivity index (χ0n) is 17.6. The number of fused-ring (bicyclic) bond motifs is 2. The molecule has 0 aromatic carbocycles. The molecule has 2 bridgehead atoms. The molecule has 3 aromatic heterocycles. The molecule has 1 unspecified atom stereocenters. The van der Waals surface area contributed by atoms with E-state index >= 15 is 0 Å². The van der Waals surface area contributed by atoms with E-state index in [9.17, 15) is 15.0 Å². The number of imidazole rings is 1. The maximum absolute atomic E-state index is 12.5. The molecule has 3 fully saturated rings. The third kappa shape index (κ3) is 2.85. The van der Waals surface area contributed by atoms with E-state index in [0.29, 0.717) is 27.1 Å². The number of hydrogen-bond donors (Lipinski definition) is 3. The van der Waals surface area contributed by atoms with Gasteiger partial charge in [-0.2, -0.15) is 0 Å². The second kappa shape index (κ2) is 7.15. The van der Waals surface area contributed by atoms with Crippen molar-refractivity contribution in [3.63, 3.8) is 0 Å². The van der Waals surface area contributed by atoms with Crippen LogP contribution in [0.15, 0.2) is 18.5 Å². The molecule has 3 aliphatic carbocycles. The third-order valence-corrected chi connectivity index (χ3v) is 7.59. The van der Waals surface area contributed by atoms with Crippen LogP contribution in [0, 0.1) is 17.3 Å². The Hall–Kier alpha value is -2.71. The summed E-state index contributed by atoms with van der Waals surface area (Å²) in [6, 6.07) is 3.05. The highest BCUT2D eigenvalue weighted by atomic mass is 35.5. The molecule has 0 saturated heterocycles. The van der Waals surface area contributed by atoms with Gasteiger partial charge in [0.25, 0.3) is 0 Å². The average molecular weight is 473 g/mol. The Labute approximate surface area is 193 Å². The number of nitrogens with zero attached hydrogens (tertiary/aromatic N) is 5. The van der Waals surface area contributed by atoms with Crippen LogP contribution in [0.1, 0.15) is 29.6 Å². The molecular formula is C21H21ClN6O3S. The highest BCUT2D eigenvalue weighted by Crippen LogP contribution is 2.66. The molecule has 3 aromatic rings. The summed E-state index contributed by atoms with van der Waals surface area (Å²) in [7, 11) is 5.23. The highest BCUT2D eigenvalue weighted by molar-refractivity contribution is 7.16. The van der Waals surface area contributed by atoms with Gasteiger partial charge in [-0.15, -0.1) is 11.3 Å². The molecular weight excluding hydrogens is 452 g/mol. The number of halogens is 1. The van der Waals surface area contributed by atoms with Crippen molar-refractivity contribution < 1.29 is 15.0 Å². The minimum Gasteiger partial charge on any atom is -0.389 e. The molecule has 3 heterocycles. The number of nitrogens with one attached hydrogen (secondary N) is 1. The average Bonchev–Trinajstić information content (AvgIpc) is 3.50. The van der Waals surface area contributed by atoms with Crippen molar-refractivity contribution in [1.29, 1.82) is 0 Å². The Morgan fingerprint density at radius 2 is 2.16 bits per heavy atom. The summed E-state index contributed by atoms with van der Waals surface area (Å²) in [4.78, 5) is 28.7. The summed E-state index contributed by atoms with van der Waals surface area (Å²) < 4.78 is 2.38. The summed E-state index contributed by atoms with van der Waals surface area (Å²) >= 11 is 7.35. The van der Waals surface area contributed by atoms with Gasteiger partial charge in [-0.05, 0) is 36.8 Å². The van der Waals surface area contributed by atoms with E-state index in [-0.39, 0.29) is 18.7 Å². The van der Waals surface area contributed by atoms with Crippen molar-refractivity contribution in [1.82, 2.24) is 24.8 Å². The Kier molecular flexibility index (Phi) is 4.73. The van der Waals surface area contributed by atoms with E-state index in [1.54, 1.807) is 17.0 Å². The van der Waals surface area contributed by atoms with Crippen LogP contribution >= 0.6 is 22.9 Å². The monoisotopic (exact) mass is 472 g/mol. The van der Waals surface area contributed by atoms with E-state index in [1.807, 2.05) is 25.1 Å². The molecule has 4 atom stereocenters. The first-order valence-corrected chi connectivity index (χ1v) is 11.2. The van der Waals surface area contributed by atoms with Crippen LogP contribution in [-0.2, 0) is 4.79 Å². The Balaban J connectivity index is 1.61. The second-order valence-electron chi connectivity index (χ2n) is 8.47. The van der Waals surface area contributed by atoms with Crippen LogP contribution in [0.5, 0.6) is 0 Å². The summed E-state index contributed by atoms with van der Waals surface area (Å²) in [6.45, 7) is 0. The quantitative estimate of drug-likeness (QED) is 0.490. The smallest absolute Gasteiger partial charge is 0.228 e. The van der Waals surface area contributed by atoms with Gasteiger partial charge in [0, 0.05) is 21.1 Å². The molecule has 0 spiro atoms. The van der Waals surface area contributed by atoms with Crippen LogP contribution in [-0.4, -0.2) is 68.5 Å². The maximum Gasteiger partial charge on any atom is 0.228 e. The van der Waals surface area contributed by atoms with Crippen molar-refractivity contribution in [2.24, 2.45) is 5.41 Å². The molecule has 3 aliphatic rings. The predicted octanol–water partition coefficient (Wildman–Crippen LogP) is 1.18. The van der Waals surface area contributed by atoms with Crippen molar-refractivity contribution in [3.8, 4) is 11.8 Å². The lowest BCUT2D eigenvalue weighted by Crippen LogP contribution is -2.64. The van der Waals surface area contributed by atoms with Gasteiger partial charge in [-0.3, -0.25) is 4.79 Å². The molecule has 0 aliphatic heterocycles. The molecule has 9 nitrogen and oxygen atoms in total. The van der Waals surface area contributed by atoms with Gasteiger partial charge in [-0.1, -0.05) is 11.6 Å². The van der Waals surface area contributed by atoms with Gasteiger partial charge < -0.3 is 25.0 Å². The molecule has 166 valence electrons. The third-order valence-electron chi connectivity index (χ3n) is 6.44. The first-order chi connectivity index (χ1) is 15.2. The van der Waals surface area contributed by atoms with Crippen molar-refractivity contribution >= 4 is 45.8 Å². The molecule has 3 saturated carbocycles. The number of amides is 1. The predicted molar refractivity (Wildman–Crippen MR) is 121 cm³/mol. The molecule has 3 N–H and O–H groups in total. The van der Waals surface area contributed by atoms with Crippen LogP contribution in [0.4, 0.5) is 5.82 Å². The van der Waals surface area contributed by atoms with Gasteiger partial charge in [0.05, 0.1) is 33.1 Å². The van der Waals surface area contributed by atoms with Gasteiger partial charge >= 0.3 is 0 Å². The first kappa shape index (κ1) is 21.2. The number of carbonyl (C=O) groups is 1. The summed E-state index contributed by atoms with van der Waals surface area (Å²) in [5.41, 5.74) is -1.40. The standard InChI is InChI=1S/C21H21ClN6O3S/c1-23-19(30)20-8-12(21(31,9-20)18(20)29)28-10-24-15-16(27(2)3)25-14(26-17(15)28)7-5-11-4-6-13(22)32-11/h4,6,10,12,18,29,31H,8-9H2,1-3H3,(H,23,30)/t12-,18-,20?,21-/m1/s1. The van der Waals surface area contributed by atoms with E-state index < -0.39 is 23.2 Å². The minimum atomic E-state index is -1.43. The molecule has 11 heteroatoms.